The first-order chi connectivity index (χ1) is 31.3. The van der Waals surface area contributed by atoms with Crippen LogP contribution in [0.2, 0.25) is 0 Å². The molecule has 1 aromatic heterocycles. The maximum Gasteiger partial charge on any atom is 0.0714 e. The molecule has 0 fully saturated rings. The lowest BCUT2D eigenvalue weighted by Crippen LogP contribution is -2.28. The summed E-state index contributed by atoms with van der Waals surface area (Å²) in [7, 11) is 0. The Balaban J connectivity index is 1.16. The molecule has 0 aliphatic heterocycles. The van der Waals surface area contributed by atoms with E-state index in [1.54, 1.807) is 0 Å². The minimum absolute atomic E-state index is 0.531. The van der Waals surface area contributed by atoms with E-state index in [1.807, 2.05) is 11.3 Å². The number of thiophene rings is 1. The normalized spacial score (nSPS) is 12.6. The zero-order valence-electron chi connectivity index (χ0n) is 34.5. The molecule has 0 saturated carbocycles. The number of para-hydroxylation sites is 1. The quantitative estimate of drug-likeness (QED) is 0.148. The van der Waals surface area contributed by atoms with E-state index in [4.69, 9.17) is 0 Å². The molecule has 0 radical (unpaired) electrons. The molecule has 0 spiro atoms. The second kappa shape index (κ2) is 15.3. The van der Waals surface area contributed by atoms with Crippen molar-refractivity contribution >= 4 is 48.6 Å². The number of anilines is 3. The zero-order chi connectivity index (χ0) is 41.7. The number of nitrogens with zero attached hydrogens (tertiary/aromatic N) is 1. The third-order valence-electron chi connectivity index (χ3n) is 13.0. The number of fused-ring (bicyclic) bond motifs is 6. The lowest BCUT2D eigenvalue weighted by Gasteiger charge is -2.34. The van der Waals surface area contributed by atoms with Crippen molar-refractivity contribution in [2.75, 3.05) is 4.90 Å². The highest BCUT2D eigenvalue weighted by Gasteiger charge is 2.47. The van der Waals surface area contributed by atoms with Gasteiger partial charge in [0.1, 0.15) is 0 Å². The van der Waals surface area contributed by atoms with Crippen molar-refractivity contribution in [2.45, 2.75) is 5.41 Å². The van der Waals surface area contributed by atoms with Crippen LogP contribution in [0.4, 0.5) is 17.1 Å². The average molecular weight is 820 g/mol. The van der Waals surface area contributed by atoms with E-state index >= 15 is 0 Å². The van der Waals surface area contributed by atoms with Crippen molar-refractivity contribution in [1.29, 1.82) is 0 Å². The molecule has 12 rings (SSSR count). The molecule has 0 atom stereocenters. The molecule has 1 heterocycles. The van der Waals surface area contributed by atoms with Crippen LogP contribution in [-0.2, 0) is 5.41 Å². The first-order valence-corrected chi connectivity index (χ1v) is 22.5. The van der Waals surface area contributed by atoms with E-state index in [0.717, 1.165) is 22.6 Å². The summed E-state index contributed by atoms with van der Waals surface area (Å²) in [4.78, 5) is 2.54. The van der Waals surface area contributed by atoms with E-state index in [9.17, 15) is 0 Å². The molecule has 63 heavy (non-hydrogen) atoms. The van der Waals surface area contributed by atoms with Crippen LogP contribution in [0.1, 0.15) is 22.3 Å². The van der Waals surface area contributed by atoms with E-state index < -0.39 is 5.41 Å². The van der Waals surface area contributed by atoms with Crippen LogP contribution in [0.25, 0.3) is 64.7 Å². The van der Waals surface area contributed by atoms with E-state index in [0.29, 0.717) is 0 Å². The maximum atomic E-state index is 2.54. The van der Waals surface area contributed by atoms with Gasteiger partial charge in [-0.2, -0.15) is 0 Å². The zero-order valence-corrected chi connectivity index (χ0v) is 35.3. The summed E-state index contributed by atoms with van der Waals surface area (Å²) in [6.07, 6.45) is 0. The van der Waals surface area contributed by atoms with Gasteiger partial charge in [0.2, 0.25) is 0 Å². The van der Waals surface area contributed by atoms with Crippen molar-refractivity contribution in [3.05, 3.63) is 271 Å². The molecule has 0 bridgehead atoms. The van der Waals surface area contributed by atoms with Crippen LogP contribution in [0.15, 0.2) is 249 Å². The van der Waals surface area contributed by atoms with Crippen LogP contribution in [0.5, 0.6) is 0 Å². The largest absolute Gasteiger partial charge is 0.309 e. The standard InChI is InChI=1S/C61H41NS/c1-4-21-42(22-5-1)46-27-10-11-28-47(46)48-29-12-13-30-49(48)50-31-15-18-36-56(50)62(45-39-40-59-53(41-45)51-32-16-19-38-58(51)63-59)57-37-20-35-55-60(57)52-33-14-17-34-54(52)61(55,43-23-6-2-7-24-43)44-25-8-3-9-26-44/h1-41H. The van der Waals surface area contributed by atoms with Gasteiger partial charge in [0.25, 0.3) is 0 Å². The average Bonchev–Trinajstić information content (AvgIpc) is 3.89. The van der Waals surface area contributed by atoms with Gasteiger partial charge in [0.15, 0.2) is 0 Å². The van der Waals surface area contributed by atoms with E-state index in [1.165, 1.54) is 81.4 Å². The van der Waals surface area contributed by atoms with Crippen molar-refractivity contribution < 1.29 is 0 Å². The Hall–Kier alpha value is -7.78. The molecule has 10 aromatic carbocycles. The smallest absolute Gasteiger partial charge is 0.0714 e. The summed E-state index contributed by atoms with van der Waals surface area (Å²) >= 11 is 1.86. The van der Waals surface area contributed by atoms with Crippen molar-refractivity contribution in [1.82, 2.24) is 0 Å². The topological polar surface area (TPSA) is 3.24 Å². The van der Waals surface area contributed by atoms with Gasteiger partial charge in [-0.1, -0.05) is 212 Å². The highest BCUT2D eigenvalue weighted by atomic mass is 32.1. The Kier molecular flexibility index (Phi) is 8.98. The second-order valence-corrected chi connectivity index (χ2v) is 17.4. The summed E-state index contributed by atoms with van der Waals surface area (Å²) in [6, 6.07) is 91.7. The fraction of sp³-hybridized carbons (Fsp3) is 0.0164. The van der Waals surface area contributed by atoms with Gasteiger partial charge in [-0.15, -0.1) is 11.3 Å². The SMILES string of the molecule is c1ccc(-c2ccccc2-c2ccccc2-c2ccccc2N(c2ccc3sc4ccccc4c3c2)c2cccc3c2-c2ccccc2C3(c2ccccc2)c2ccccc2)cc1. The van der Waals surface area contributed by atoms with E-state index in [2.05, 4.69) is 254 Å². The van der Waals surface area contributed by atoms with Gasteiger partial charge in [0.05, 0.1) is 16.8 Å². The molecule has 0 amide bonds. The van der Waals surface area contributed by atoms with Gasteiger partial charge in [-0.3, -0.25) is 0 Å². The predicted octanol–water partition coefficient (Wildman–Crippen LogP) is 16.9. The number of hydrogen-bond donors (Lipinski definition) is 0. The van der Waals surface area contributed by atoms with Crippen LogP contribution >= 0.6 is 11.3 Å². The Morgan fingerprint density at radius 1 is 0.317 bits per heavy atom. The molecule has 2 heteroatoms. The molecule has 11 aromatic rings. The maximum absolute atomic E-state index is 2.54. The second-order valence-electron chi connectivity index (χ2n) is 16.3. The minimum Gasteiger partial charge on any atom is -0.309 e. The predicted molar refractivity (Wildman–Crippen MR) is 268 cm³/mol. The fourth-order valence-corrected chi connectivity index (χ4v) is 11.4. The van der Waals surface area contributed by atoms with Crippen LogP contribution < -0.4 is 4.90 Å². The van der Waals surface area contributed by atoms with Crippen molar-refractivity contribution in [3.8, 4) is 44.5 Å². The van der Waals surface area contributed by atoms with Gasteiger partial charge in [0, 0.05) is 37.0 Å². The van der Waals surface area contributed by atoms with Gasteiger partial charge >= 0.3 is 0 Å². The first-order valence-electron chi connectivity index (χ1n) is 21.7. The Labute approximate surface area is 372 Å². The Morgan fingerprint density at radius 3 is 1.52 bits per heavy atom. The lowest BCUT2D eigenvalue weighted by atomic mass is 9.68. The summed E-state index contributed by atoms with van der Waals surface area (Å²) in [5, 5.41) is 2.55. The highest BCUT2D eigenvalue weighted by molar-refractivity contribution is 7.25. The fourth-order valence-electron chi connectivity index (χ4n) is 10.4. The third kappa shape index (κ3) is 5.91. The highest BCUT2D eigenvalue weighted by Crippen LogP contribution is 2.60. The minimum atomic E-state index is -0.531. The molecule has 0 unspecified atom stereocenters. The summed E-state index contributed by atoms with van der Waals surface area (Å²) in [5.41, 5.74) is 17.6. The molecule has 1 aliphatic carbocycles. The van der Waals surface area contributed by atoms with Gasteiger partial charge in [-0.05, 0) is 92.0 Å². The van der Waals surface area contributed by atoms with Crippen LogP contribution in [0, 0.1) is 0 Å². The number of hydrogen-bond acceptors (Lipinski definition) is 2. The molecular weight excluding hydrogens is 779 g/mol. The van der Waals surface area contributed by atoms with Crippen LogP contribution in [-0.4, -0.2) is 0 Å². The monoisotopic (exact) mass is 819 g/mol. The lowest BCUT2D eigenvalue weighted by molar-refractivity contribution is 0.768. The number of rotatable bonds is 8. The van der Waals surface area contributed by atoms with Crippen molar-refractivity contribution in [3.63, 3.8) is 0 Å². The molecule has 296 valence electrons. The molecule has 0 N–H and O–H groups in total. The van der Waals surface area contributed by atoms with Crippen molar-refractivity contribution in [2.24, 2.45) is 0 Å². The molecule has 1 nitrogen and oxygen atoms in total. The summed E-state index contributed by atoms with van der Waals surface area (Å²) < 4.78 is 2.58. The van der Waals surface area contributed by atoms with Gasteiger partial charge in [-0.25, -0.2) is 0 Å². The first kappa shape index (κ1) is 37.0. The molecule has 1 aliphatic rings. The Morgan fingerprint density at radius 2 is 0.810 bits per heavy atom. The summed E-state index contributed by atoms with van der Waals surface area (Å²) in [6.45, 7) is 0. The van der Waals surface area contributed by atoms with Gasteiger partial charge < -0.3 is 4.90 Å². The van der Waals surface area contributed by atoms with Crippen LogP contribution in [0.3, 0.4) is 0 Å². The molecule has 0 saturated heterocycles. The van der Waals surface area contributed by atoms with E-state index in [-0.39, 0.29) is 0 Å². The third-order valence-corrected chi connectivity index (χ3v) is 14.1. The summed E-state index contributed by atoms with van der Waals surface area (Å²) in [5.74, 6) is 0. The molecular formula is C61H41NS. The Bertz CT molecular complexity index is 3420. The number of benzene rings is 10.